The molecule has 1 unspecified atom stereocenters. The minimum Gasteiger partial charge on any atom is -0.356 e. The predicted molar refractivity (Wildman–Crippen MR) is 72.8 cm³/mol. The molecule has 1 N–H and O–H groups in total. The molecule has 96 valence electrons. The maximum atomic E-state index is 10.9. The zero-order chi connectivity index (χ0) is 12.5. The molecular weight excluding hydrogens is 222 g/mol. The summed E-state index contributed by atoms with van der Waals surface area (Å²) in [5, 5.41) is 2.93. The second-order valence-corrected chi connectivity index (χ2v) is 5.64. The quantitative estimate of drug-likeness (QED) is 0.869. The van der Waals surface area contributed by atoms with Crippen LogP contribution in [-0.2, 0) is 24.1 Å². The van der Waals surface area contributed by atoms with E-state index in [0.29, 0.717) is 5.92 Å². The molecule has 1 atom stereocenters. The van der Waals surface area contributed by atoms with Gasteiger partial charge in [0.25, 0.3) is 0 Å². The summed E-state index contributed by atoms with van der Waals surface area (Å²) >= 11 is 0. The molecule has 2 aliphatic carbocycles. The molecule has 1 aromatic carbocycles. The van der Waals surface area contributed by atoms with Crippen LogP contribution < -0.4 is 5.32 Å². The van der Waals surface area contributed by atoms with Crippen LogP contribution in [0.25, 0.3) is 0 Å². The third-order valence-electron chi connectivity index (χ3n) is 4.45. The minimum absolute atomic E-state index is 0.0894. The summed E-state index contributed by atoms with van der Waals surface area (Å²) in [4.78, 5) is 10.9. The number of nitrogens with one attached hydrogen (secondary N) is 1. The van der Waals surface area contributed by atoms with Gasteiger partial charge in [-0.05, 0) is 66.7 Å². The molecule has 0 spiro atoms. The Labute approximate surface area is 109 Å². The number of rotatable bonds is 3. The van der Waals surface area contributed by atoms with Gasteiger partial charge in [-0.1, -0.05) is 12.1 Å². The van der Waals surface area contributed by atoms with Crippen molar-refractivity contribution in [3.05, 3.63) is 34.4 Å². The molecule has 1 aromatic rings. The smallest absolute Gasteiger partial charge is 0.216 e. The maximum Gasteiger partial charge on any atom is 0.216 e. The third-order valence-corrected chi connectivity index (χ3v) is 4.45. The molecule has 1 amide bonds. The first-order valence-corrected chi connectivity index (χ1v) is 7.13. The molecule has 2 aliphatic rings. The first-order chi connectivity index (χ1) is 8.75. The minimum atomic E-state index is 0.0894. The van der Waals surface area contributed by atoms with Gasteiger partial charge < -0.3 is 5.32 Å². The lowest BCUT2D eigenvalue weighted by atomic mass is 9.91. The molecule has 0 saturated heterocycles. The highest BCUT2D eigenvalue weighted by Gasteiger charge is 2.28. The summed E-state index contributed by atoms with van der Waals surface area (Å²) < 4.78 is 0. The largest absolute Gasteiger partial charge is 0.356 e. The van der Waals surface area contributed by atoms with Gasteiger partial charge >= 0.3 is 0 Å². The van der Waals surface area contributed by atoms with E-state index in [4.69, 9.17) is 0 Å². The topological polar surface area (TPSA) is 29.1 Å². The highest BCUT2D eigenvalue weighted by atomic mass is 16.1. The zero-order valence-electron chi connectivity index (χ0n) is 11.1. The number of carbonyl (C=O) groups is 1. The van der Waals surface area contributed by atoms with Gasteiger partial charge in [-0.3, -0.25) is 4.79 Å². The van der Waals surface area contributed by atoms with E-state index in [1.165, 1.54) is 32.1 Å². The molecule has 0 aliphatic heterocycles. The van der Waals surface area contributed by atoms with Crippen molar-refractivity contribution in [2.45, 2.75) is 51.4 Å². The Morgan fingerprint density at radius 3 is 2.94 bits per heavy atom. The second kappa shape index (κ2) is 4.75. The van der Waals surface area contributed by atoms with Gasteiger partial charge in [0.2, 0.25) is 5.91 Å². The Hall–Kier alpha value is -1.31. The number of aryl methyl sites for hydroxylation is 2. The molecule has 0 saturated carbocycles. The van der Waals surface area contributed by atoms with Gasteiger partial charge in [0.15, 0.2) is 0 Å². The monoisotopic (exact) mass is 243 g/mol. The summed E-state index contributed by atoms with van der Waals surface area (Å²) in [6, 6.07) is 4.69. The number of benzene rings is 1. The van der Waals surface area contributed by atoms with E-state index >= 15 is 0 Å². The van der Waals surface area contributed by atoms with Crippen molar-refractivity contribution in [3.63, 3.8) is 0 Å². The van der Waals surface area contributed by atoms with E-state index in [1.54, 1.807) is 29.2 Å². The number of carbonyl (C=O) groups excluding carboxylic acids is 1. The fraction of sp³-hybridized carbons (Fsp3) is 0.562. The Morgan fingerprint density at radius 1 is 1.28 bits per heavy atom. The van der Waals surface area contributed by atoms with Gasteiger partial charge in [0.05, 0.1) is 0 Å². The molecule has 0 bridgehead atoms. The summed E-state index contributed by atoms with van der Waals surface area (Å²) in [6.45, 7) is 2.42. The first-order valence-electron chi connectivity index (χ1n) is 7.13. The fourth-order valence-electron chi connectivity index (χ4n) is 3.66. The van der Waals surface area contributed by atoms with Gasteiger partial charge in [-0.15, -0.1) is 0 Å². The Balaban J connectivity index is 1.78. The summed E-state index contributed by atoms with van der Waals surface area (Å²) in [6.07, 6.45) is 7.46. The van der Waals surface area contributed by atoms with Gasteiger partial charge in [-0.2, -0.15) is 0 Å². The van der Waals surface area contributed by atoms with E-state index in [2.05, 4.69) is 17.4 Å². The maximum absolute atomic E-state index is 10.9. The lowest BCUT2D eigenvalue weighted by Crippen LogP contribution is -2.22. The number of hydrogen-bond acceptors (Lipinski definition) is 1. The van der Waals surface area contributed by atoms with Crippen molar-refractivity contribution >= 4 is 5.91 Å². The van der Waals surface area contributed by atoms with Crippen molar-refractivity contribution in [1.29, 1.82) is 0 Å². The Bertz CT molecular complexity index is 478. The Morgan fingerprint density at radius 2 is 2.11 bits per heavy atom. The van der Waals surface area contributed by atoms with Crippen molar-refractivity contribution < 1.29 is 4.79 Å². The van der Waals surface area contributed by atoms with Crippen LogP contribution in [0.2, 0.25) is 0 Å². The van der Waals surface area contributed by atoms with Crippen LogP contribution in [0, 0.1) is 0 Å². The average molecular weight is 243 g/mol. The van der Waals surface area contributed by atoms with Gasteiger partial charge in [0.1, 0.15) is 0 Å². The van der Waals surface area contributed by atoms with Crippen LogP contribution in [-0.4, -0.2) is 12.5 Å². The summed E-state index contributed by atoms with van der Waals surface area (Å²) in [5.41, 5.74) is 6.46. The number of fused-ring (bicyclic) bond motifs is 3. The van der Waals surface area contributed by atoms with E-state index in [9.17, 15) is 4.79 Å². The van der Waals surface area contributed by atoms with Crippen LogP contribution in [0.5, 0.6) is 0 Å². The van der Waals surface area contributed by atoms with Gasteiger partial charge in [-0.25, -0.2) is 0 Å². The lowest BCUT2D eigenvalue weighted by molar-refractivity contribution is -0.118. The normalized spacial score (nSPS) is 20.6. The zero-order valence-corrected chi connectivity index (χ0v) is 11.1. The standard InChI is InChI=1S/C16H21NO/c1-11(18)17-10-9-14-8-7-13-6-5-12-3-2-4-15(12)16(13)14/h5-6,14H,2-4,7-10H2,1H3,(H,17,18). The van der Waals surface area contributed by atoms with E-state index < -0.39 is 0 Å². The molecule has 0 aromatic heterocycles. The van der Waals surface area contributed by atoms with Crippen molar-refractivity contribution in [1.82, 2.24) is 5.32 Å². The molecule has 2 nitrogen and oxygen atoms in total. The van der Waals surface area contributed by atoms with E-state index in [-0.39, 0.29) is 5.91 Å². The highest BCUT2D eigenvalue weighted by molar-refractivity contribution is 5.72. The summed E-state index contributed by atoms with van der Waals surface area (Å²) in [5.74, 6) is 0.770. The summed E-state index contributed by atoms with van der Waals surface area (Å²) in [7, 11) is 0. The van der Waals surface area contributed by atoms with Crippen molar-refractivity contribution in [2.75, 3.05) is 6.54 Å². The molecular formula is C16H21NO. The molecule has 18 heavy (non-hydrogen) atoms. The first kappa shape index (κ1) is 11.8. The van der Waals surface area contributed by atoms with Crippen LogP contribution in [0.1, 0.15) is 54.4 Å². The predicted octanol–water partition coefficient (Wildman–Crippen LogP) is 2.73. The van der Waals surface area contributed by atoms with E-state index in [0.717, 1.165) is 13.0 Å². The van der Waals surface area contributed by atoms with Crippen LogP contribution in [0.3, 0.4) is 0 Å². The highest BCUT2D eigenvalue weighted by Crippen LogP contribution is 2.41. The van der Waals surface area contributed by atoms with Crippen LogP contribution >= 0.6 is 0 Å². The third kappa shape index (κ3) is 2.05. The molecule has 0 radical (unpaired) electrons. The van der Waals surface area contributed by atoms with E-state index in [1.807, 2.05) is 0 Å². The molecule has 0 fully saturated rings. The number of hydrogen-bond donors (Lipinski definition) is 1. The average Bonchev–Trinajstić information content (AvgIpc) is 2.93. The fourth-order valence-corrected chi connectivity index (χ4v) is 3.66. The van der Waals surface area contributed by atoms with Crippen LogP contribution in [0.4, 0.5) is 0 Å². The number of amides is 1. The molecule has 2 heteroatoms. The van der Waals surface area contributed by atoms with Crippen molar-refractivity contribution in [2.24, 2.45) is 0 Å². The lowest BCUT2D eigenvalue weighted by Gasteiger charge is -2.16. The van der Waals surface area contributed by atoms with Gasteiger partial charge in [0, 0.05) is 13.5 Å². The molecule has 0 heterocycles. The molecule has 3 rings (SSSR count). The van der Waals surface area contributed by atoms with Crippen molar-refractivity contribution in [3.8, 4) is 0 Å². The van der Waals surface area contributed by atoms with Crippen LogP contribution in [0.15, 0.2) is 12.1 Å². The second-order valence-electron chi connectivity index (χ2n) is 5.64. The Kier molecular flexibility index (Phi) is 3.11. The SMILES string of the molecule is CC(=O)NCCC1CCc2ccc3c(c21)CCC3.